The van der Waals surface area contributed by atoms with Crippen molar-refractivity contribution in [1.82, 2.24) is 9.97 Å². The topological polar surface area (TPSA) is 73.1 Å². The summed E-state index contributed by atoms with van der Waals surface area (Å²) in [5.74, 6) is -0.203. The molecule has 2 heterocycles. The highest BCUT2D eigenvalue weighted by atomic mass is 32.1. The van der Waals surface area contributed by atoms with Crippen molar-refractivity contribution in [2.45, 2.75) is 18.6 Å². The highest BCUT2D eigenvalue weighted by Crippen LogP contribution is 2.36. The van der Waals surface area contributed by atoms with Crippen molar-refractivity contribution in [2.75, 3.05) is 19.0 Å². The number of aromatic nitrogens is 2. The Bertz CT molecular complexity index is 1230. The number of alkyl halides is 3. The first-order chi connectivity index (χ1) is 15.3. The van der Waals surface area contributed by atoms with E-state index in [0.717, 1.165) is 32.4 Å². The number of hydrogen-bond donors (Lipinski definition) is 2. The van der Waals surface area contributed by atoms with Gasteiger partial charge in [-0.2, -0.15) is 13.2 Å². The lowest BCUT2D eigenvalue weighted by molar-refractivity contribution is -0.138. The van der Waals surface area contributed by atoms with Crippen molar-refractivity contribution in [1.29, 1.82) is 0 Å². The van der Waals surface area contributed by atoms with Crippen LogP contribution in [0.4, 0.5) is 18.3 Å². The molecule has 0 fully saturated rings. The molecule has 0 radical (unpaired) electrons. The maximum Gasteiger partial charge on any atom is 0.419 e. The van der Waals surface area contributed by atoms with E-state index >= 15 is 0 Å². The molecular weight excluding hydrogens is 437 g/mol. The number of methoxy groups -OCH3 is 1. The van der Waals surface area contributed by atoms with Gasteiger partial charge >= 0.3 is 6.18 Å². The van der Waals surface area contributed by atoms with E-state index in [1.54, 1.807) is 12.4 Å². The van der Waals surface area contributed by atoms with Gasteiger partial charge < -0.3 is 15.8 Å². The zero-order valence-corrected chi connectivity index (χ0v) is 18.0. The summed E-state index contributed by atoms with van der Waals surface area (Å²) in [5.41, 5.74) is 7.13. The minimum atomic E-state index is -4.46. The van der Waals surface area contributed by atoms with Crippen LogP contribution in [0.2, 0.25) is 0 Å². The Morgan fingerprint density at radius 2 is 1.94 bits per heavy atom. The van der Waals surface area contributed by atoms with E-state index in [1.807, 2.05) is 24.4 Å². The van der Waals surface area contributed by atoms with E-state index in [0.29, 0.717) is 18.5 Å². The highest BCUT2D eigenvalue weighted by molar-refractivity contribution is 7.18. The lowest BCUT2D eigenvalue weighted by Crippen LogP contribution is -2.31. The second-order valence-corrected chi connectivity index (χ2v) is 8.38. The summed E-state index contributed by atoms with van der Waals surface area (Å²) in [4.78, 5) is 9.58. The highest BCUT2D eigenvalue weighted by Gasteiger charge is 2.34. The van der Waals surface area contributed by atoms with Crippen molar-refractivity contribution in [3.8, 4) is 16.2 Å². The van der Waals surface area contributed by atoms with E-state index in [1.165, 1.54) is 30.6 Å². The minimum Gasteiger partial charge on any atom is -0.496 e. The van der Waals surface area contributed by atoms with Crippen LogP contribution >= 0.6 is 11.3 Å². The van der Waals surface area contributed by atoms with Gasteiger partial charge in [-0.15, -0.1) is 0 Å². The van der Waals surface area contributed by atoms with Crippen LogP contribution < -0.4 is 15.8 Å². The molecule has 0 bridgehead atoms. The smallest absolute Gasteiger partial charge is 0.419 e. The van der Waals surface area contributed by atoms with Crippen molar-refractivity contribution in [3.05, 3.63) is 72.2 Å². The molecule has 0 aliphatic heterocycles. The largest absolute Gasteiger partial charge is 0.496 e. The zero-order chi connectivity index (χ0) is 22.7. The van der Waals surface area contributed by atoms with Gasteiger partial charge in [0.25, 0.3) is 0 Å². The number of thiazole rings is 1. The van der Waals surface area contributed by atoms with Crippen molar-refractivity contribution < 1.29 is 17.9 Å². The zero-order valence-electron chi connectivity index (χ0n) is 17.2. The molecule has 0 unspecified atom stereocenters. The summed E-state index contributed by atoms with van der Waals surface area (Å²) in [6.07, 6.45) is 1.33. The van der Waals surface area contributed by atoms with Gasteiger partial charge in [0.05, 0.1) is 17.6 Å². The van der Waals surface area contributed by atoms with Crippen LogP contribution in [0.5, 0.6) is 5.75 Å². The summed E-state index contributed by atoms with van der Waals surface area (Å²) in [6, 6.07) is 11.7. The van der Waals surface area contributed by atoms with Crippen molar-refractivity contribution >= 4 is 27.2 Å². The van der Waals surface area contributed by atoms with E-state index in [9.17, 15) is 13.2 Å². The number of nitrogens with one attached hydrogen (secondary N) is 1. The summed E-state index contributed by atoms with van der Waals surface area (Å²) in [6.45, 7) is 0.429. The van der Waals surface area contributed by atoms with Gasteiger partial charge in [0, 0.05) is 36.6 Å². The number of ether oxygens (including phenoxy) is 1. The van der Waals surface area contributed by atoms with Gasteiger partial charge in [-0.25, -0.2) is 4.98 Å². The number of nitrogens with two attached hydrogens (primary N) is 1. The minimum absolute atomic E-state index is 0.203. The van der Waals surface area contributed by atoms with Crippen LogP contribution in [-0.4, -0.2) is 29.7 Å². The Kier molecular flexibility index (Phi) is 6.29. The number of hydrogen-bond acceptors (Lipinski definition) is 6. The van der Waals surface area contributed by atoms with E-state index in [4.69, 9.17) is 10.5 Å². The van der Waals surface area contributed by atoms with E-state index < -0.39 is 11.7 Å². The summed E-state index contributed by atoms with van der Waals surface area (Å²) in [5, 5.41) is 6.12. The molecular formula is C23H21F3N4OS. The molecule has 0 spiro atoms. The fraction of sp³-hybridized carbons (Fsp3) is 0.217. The molecule has 4 aromatic rings. The van der Waals surface area contributed by atoms with Crippen LogP contribution in [0, 0.1) is 0 Å². The van der Waals surface area contributed by atoms with Crippen LogP contribution in [0.25, 0.3) is 21.2 Å². The Balaban J connectivity index is 1.38. The van der Waals surface area contributed by atoms with Gasteiger partial charge in [0.2, 0.25) is 0 Å². The molecule has 0 amide bonds. The van der Waals surface area contributed by atoms with Gasteiger partial charge in [0.1, 0.15) is 5.75 Å². The van der Waals surface area contributed by atoms with E-state index in [2.05, 4.69) is 21.4 Å². The molecule has 1 atom stereocenters. The SMILES string of the molecule is COc1cc(C[C@@H](N)CNc2ncc(-c3ccc4ccncc4c3)s2)ccc1C(F)(F)F. The molecule has 0 aliphatic rings. The predicted molar refractivity (Wildman–Crippen MR) is 121 cm³/mol. The number of pyridine rings is 1. The average Bonchev–Trinajstić information content (AvgIpc) is 3.25. The Hall–Kier alpha value is -3.17. The molecule has 166 valence electrons. The molecule has 0 saturated carbocycles. The molecule has 0 saturated heterocycles. The molecule has 2 aromatic heterocycles. The Morgan fingerprint density at radius 1 is 1.09 bits per heavy atom. The molecule has 3 N–H and O–H groups in total. The van der Waals surface area contributed by atoms with E-state index in [-0.39, 0.29) is 11.8 Å². The Labute approximate surface area is 187 Å². The second kappa shape index (κ2) is 9.13. The number of halogens is 3. The van der Waals surface area contributed by atoms with Crippen LogP contribution in [0.3, 0.4) is 0 Å². The number of fused-ring (bicyclic) bond motifs is 1. The first-order valence-corrected chi connectivity index (χ1v) is 10.7. The van der Waals surface area contributed by atoms with Crippen LogP contribution in [0.1, 0.15) is 11.1 Å². The first-order valence-electron chi connectivity index (χ1n) is 9.87. The molecule has 9 heteroatoms. The monoisotopic (exact) mass is 458 g/mol. The molecule has 4 rings (SSSR count). The quantitative estimate of drug-likeness (QED) is 0.390. The number of anilines is 1. The third kappa shape index (κ3) is 5.00. The van der Waals surface area contributed by atoms with Crippen LogP contribution in [-0.2, 0) is 12.6 Å². The van der Waals surface area contributed by atoms with Gasteiger partial charge in [-0.3, -0.25) is 4.98 Å². The number of benzene rings is 2. The molecule has 2 aromatic carbocycles. The third-order valence-corrected chi connectivity index (χ3v) is 6.02. The lowest BCUT2D eigenvalue weighted by Gasteiger charge is -2.16. The maximum absolute atomic E-state index is 13.0. The first kappa shape index (κ1) is 22.0. The van der Waals surface area contributed by atoms with Gasteiger partial charge in [0.15, 0.2) is 5.13 Å². The predicted octanol–water partition coefficient (Wildman–Crippen LogP) is 5.37. The Morgan fingerprint density at radius 3 is 2.72 bits per heavy atom. The lowest BCUT2D eigenvalue weighted by atomic mass is 10.0. The van der Waals surface area contributed by atoms with Gasteiger partial charge in [-0.05, 0) is 47.2 Å². The maximum atomic E-state index is 13.0. The standard InChI is InChI=1S/C23H21F3N4OS/c1-31-20-9-14(2-5-19(20)23(24,25)26)8-18(27)12-29-22-30-13-21(32-22)16-4-3-15-6-7-28-11-17(15)10-16/h2-7,9-11,13,18H,8,12,27H2,1H3,(H,29,30)/t18-/m1/s1. The van der Waals surface area contributed by atoms with Gasteiger partial charge in [-0.1, -0.05) is 29.5 Å². The number of nitrogens with zero attached hydrogens (tertiary/aromatic N) is 2. The second-order valence-electron chi connectivity index (χ2n) is 7.34. The van der Waals surface area contributed by atoms with Crippen LogP contribution in [0.15, 0.2) is 61.1 Å². The number of rotatable bonds is 7. The average molecular weight is 459 g/mol. The fourth-order valence-electron chi connectivity index (χ4n) is 3.42. The summed E-state index contributed by atoms with van der Waals surface area (Å²) >= 11 is 1.51. The summed E-state index contributed by atoms with van der Waals surface area (Å²) in [7, 11) is 1.22. The third-order valence-electron chi connectivity index (χ3n) is 5.02. The van der Waals surface area contributed by atoms with Crippen molar-refractivity contribution in [3.63, 3.8) is 0 Å². The molecule has 0 aliphatic carbocycles. The van der Waals surface area contributed by atoms with Crippen molar-refractivity contribution in [2.24, 2.45) is 5.73 Å². The summed E-state index contributed by atoms with van der Waals surface area (Å²) < 4.78 is 44.0. The fourth-order valence-corrected chi connectivity index (χ4v) is 4.24. The normalized spacial score (nSPS) is 12.7. The molecule has 32 heavy (non-hydrogen) atoms. The molecule has 5 nitrogen and oxygen atoms in total.